The molecule has 2 heteroatoms. The molecule has 0 aliphatic heterocycles. The Hall–Kier alpha value is 0.310. The van der Waals surface area contributed by atoms with Crippen LogP contribution in [-0.2, 0) is 0 Å². The molecule has 0 spiro atoms. The second-order valence-corrected chi connectivity index (χ2v) is 6.19. The summed E-state index contributed by atoms with van der Waals surface area (Å²) in [5.41, 5.74) is 0. The van der Waals surface area contributed by atoms with E-state index < -0.39 is 0 Å². The number of hydrogen-bond acceptors (Lipinski definition) is 2. The molecule has 0 aromatic heterocycles. The molecule has 0 heterocycles. The summed E-state index contributed by atoms with van der Waals surface area (Å²) in [4.78, 5) is 0. The Kier molecular flexibility index (Phi) is 14.6. The molecule has 1 nitrogen and oxygen atoms in total. The highest BCUT2D eigenvalue weighted by Crippen LogP contribution is 2.12. The van der Waals surface area contributed by atoms with Gasteiger partial charge in [-0.05, 0) is 25.1 Å². The van der Waals surface area contributed by atoms with Gasteiger partial charge in [-0.1, -0.05) is 59.3 Å². The molecule has 17 heavy (non-hydrogen) atoms. The summed E-state index contributed by atoms with van der Waals surface area (Å²) < 4.78 is 0. The summed E-state index contributed by atoms with van der Waals surface area (Å²) in [6.07, 6.45) is 11.1. The van der Waals surface area contributed by atoms with Crippen molar-refractivity contribution in [2.45, 2.75) is 78.2 Å². The zero-order valence-corrected chi connectivity index (χ0v) is 13.1. The number of thioether (sulfide) groups is 1. The fraction of sp³-hybridized carbons (Fsp3) is 1.00. The van der Waals surface area contributed by atoms with Gasteiger partial charge in [0, 0.05) is 11.8 Å². The van der Waals surface area contributed by atoms with Crippen LogP contribution in [0.3, 0.4) is 0 Å². The lowest BCUT2D eigenvalue weighted by Crippen LogP contribution is -2.32. The van der Waals surface area contributed by atoms with Crippen LogP contribution in [0.4, 0.5) is 0 Å². The van der Waals surface area contributed by atoms with E-state index in [1.165, 1.54) is 69.4 Å². The monoisotopic (exact) mass is 259 g/mol. The Morgan fingerprint density at radius 1 is 0.882 bits per heavy atom. The zero-order chi connectivity index (χ0) is 12.8. The van der Waals surface area contributed by atoms with Crippen LogP contribution in [0.1, 0.15) is 72.1 Å². The Morgan fingerprint density at radius 2 is 1.59 bits per heavy atom. The number of unbranched alkanes of at least 4 members (excludes halogenated alkanes) is 5. The molecule has 0 aromatic rings. The fourth-order valence-corrected chi connectivity index (χ4v) is 2.83. The molecule has 1 N–H and O–H groups in total. The molecule has 0 saturated heterocycles. The van der Waals surface area contributed by atoms with Gasteiger partial charge in [-0.15, -0.1) is 0 Å². The molecule has 0 rings (SSSR count). The van der Waals surface area contributed by atoms with Crippen LogP contribution in [0.15, 0.2) is 0 Å². The first kappa shape index (κ1) is 17.3. The van der Waals surface area contributed by atoms with E-state index in [9.17, 15) is 0 Å². The van der Waals surface area contributed by atoms with Crippen LogP contribution in [-0.4, -0.2) is 24.1 Å². The van der Waals surface area contributed by atoms with Crippen LogP contribution in [0.25, 0.3) is 0 Å². The lowest BCUT2D eigenvalue weighted by Gasteiger charge is -2.17. The van der Waals surface area contributed by atoms with Crippen molar-refractivity contribution in [1.29, 1.82) is 0 Å². The molecular weight excluding hydrogens is 226 g/mol. The Balaban J connectivity index is 3.45. The van der Waals surface area contributed by atoms with Crippen molar-refractivity contribution in [2.24, 2.45) is 0 Å². The maximum atomic E-state index is 3.69. The van der Waals surface area contributed by atoms with Crippen molar-refractivity contribution in [3.63, 3.8) is 0 Å². The van der Waals surface area contributed by atoms with Gasteiger partial charge in [0.2, 0.25) is 0 Å². The summed E-state index contributed by atoms with van der Waals surface area (Å²) >= 11 is 2.08. The minimum atomic E-state index is 0.756. The first-order chi connectivity index (χ1) is 8.35. The highest BCUT2D eigenvalue weighted by Gasteiger charge is 2.06. The van der Waals surface area contributed by atoms with Crippen LogP contribution >= 0.6 is 11.8 Å². The van der Waals surface area contributed by atoms with Gasteiger partial charge in [0.25, 0.3) is 0 Å². The van der Waals surface area contributed by atoms with E-state index in [0.717, 1.165) is 6.04 Å². The van der Waals surface area contributed by atoms with Gasteiger partial charge in [0.15, 0.2) is 0 Å². The largest absolute Gasteiger partial charge is 0.313 e. The molecule has 0 bridgehead atoms. The molecule has 104 valence electrons. The van der Waals surface area contributed by atoms with E-state index in [2.05, 4.69) is 37.8 Å². The number of hydrogen-bond donors (Lipinski definition) is 1. The highest BCUT2D eigenvalue weighted by atomic mass is 32.2. The van der Waals surface area contributed by atoms with Gasteiger partial charge in [0.1, 0.15) is 0 Å². The number of rotatable bonds is 13. The van der Waals surface area contributed by atoms with Gasteiger partial charge in [0.05, 0.1) is 0 Å². The van der Waals surface area contributed by atoms with Crippen molar-refractivity contribution >= 4 is 11.8 Å². The first-order valence-corrected chi connectivity index (χ1v) is 8.81. The predicted octanol–water partition coefficient (Wildman–Crippen LogP) is 4.86. The van der Waals surface area contributed by atoms with E-state index in [1.54, 1.807) is 0 Å². The zero-order valence-electron chi connectivity index (χ0n) is 12.3. The van der Waals surface area contributed by atoms with E-state index in [4.69, 9.17) is 0 Å². The minimum absolute atomic E-state index is 0.756. The maximum Gasteiger partial charge on any atom is 0.0158 e. The molecule has 0 aliphatic rings. The fourth-order valence-electron chi connectivity index (χ4n) is 2.02. The third-order valence-corrected chi connectivity index (χ3v) is 4.16. The molecule has 0 amide bonds. The van der Waals surface area contributed by atoms with Crippen molar-refractivity contribution in [3.8, 4) is 0 Å². The molecule has 0 aromatic carbocycles. The van der Waals surface area contributed by atoms with Crippen LogP contribution in [0, 0.1) is 0 Å². The van der Waals surface area contributed by atoms with Gasteiger partial charge in [-0.25, -0.2) is 0 Å². The van der Waals surface area contributed by atoms with Gasteiger partial charge in [-0.3, -0.25) is 0 Å². The Morgan fingerprint density at radius 3 is 2.24 bits per heavy atom. The van der Waals surface area contributed by atoms with Crippen molar-refractivity contribution < 1.29 is 0 Å². The molecule has 0 saturated carbocycles. The van der Waals surface area contributed by atoms with Gasteiger partial charge in [-0.2, -0.15) is 11.8 Å². The van der Waals surface area contributed by atoms with Crippen molar-refractivity contribution in [1.82, 2.24) is 5.32 Å². The summed E-state index contributed by atoms with van der Waals surface area (Å²) in [6, 6.07) is 0.756. The standard InChI is InChI=1S/C15H33NS/c1-4-7-8-9-10-11-12-15(14-17-6-3)16-13-5-2/h15-16H,4-14H2,1-3H3. The van der Waals surface area contributed by atoms with Crippen LogP contribution in [0.5, 0.6) is 0 Å². The van der Waals surface area contributed by atoms with Gasteiger partial charge >= 0.3 is 0 Å². The number of nitrogens with one attached hydrogen (secondary N) is 1. The lowest BCUT2D eigenvalue weighted by atomic mass is 10.1. The Labute approximate surface area is 114 Å². The second kappa shape index (κ2) is 14.4. The molecular formula is C15H33NS. The average Bonchev–Trinajstić information content (AvgIpc) is 2.35. The smallest absolute Gasteiger partial charge is 0.0158 e. The van der Waals surface area contributed by atoms with E-state index >= 15 is 0 Å². The maximum absolute atomic E-state index is 3.69. The van der Waals surface area contributed by atoms with Gasteiger partial charge < -0.3 is 5.32 Å². The van der Waals surface area contributed by atoms with Crippen molar-refractivity contribution in [2.75, 3.05) is 18.1 Å². The summed E-state index contributed by atoms with van der Waals surface area (Å²) in [5, 5.41) is 3.69. The van der Waals surface area contributed by atoms with Crippen LogP contribution < -0.4 is 5.32 Å². The van der Waals surface area contributed by atoms with E-state index in [-0.39, 0.29) is 0 Å². The van der Waals surface area contributed by atoms with Crippen LogP contribution in [0.2, 0.25) is 0 Å². The predicted molar refractivity (Wildman–Crippen MR) is 83.1 cm³/mol. The molecule has 0 aliphatic carbocycles. The van der Waals surface area contributed by atoms with E-state index in [0.29, 0.717) is 0 Å². The summed E-state index contributed by atoms with van der Waals surface area (Å²) in [7, 11) is 0. The quantitative estimate of drug-likeness (QED) is 0.474. The van der Waals surface area contributed by atoms with E-state index in [1.807, 2.05) is 0 Å². The van der Waals surface area contributed by atoms with Crippen molar-refractivity contribution in [3.05, 3.63) is 0 Å². The normalized spacial score (nSPS) is 12.9. The molecule has 1 atom stereocenters. The SMILES string of the molecule is CCCCCCCCC(CSCC)NCCC. The Bertz CT molecular complexity index is 131. The summed E-state index contributed by atoms with van der Waals surface area (Å²) in [5.74, 6) is 2.55. The molecule has 0 fully saturated rings. The lowest BCUT2D eigenvalue weighted by molar-refractivity contribution is 0.484. The topological polar surface area (TPSA) is 12.0 Å². The third kappa shape index (κ3) is 12.6. The molecule has 1 unspecified atom stereocenters. The molecule has 0 radical (unpaired) electrons. The minimum Gasteiger partial charge on any atom is -0.313 e. The average molecular weight is 260 g/mol. The third-order valence-electron chi connectivity index (χ3n) is 3.11. The summed E-state index contributed by atoms with van der Waals surface area (Å²) in [6.45, 7) is 7.98. The second-order valence-electron chi connectivity index (χ2n) is 4.87. The highest BCUT2D eigenvalue weighted by molar-refractivity contribution is 7.99. The first-order valence-electron chi connectivity index (χ1n) is 7.66.